The highest BCUT2D eigenvalue weighted by Crippen LogP contribution is 1.98. The summed E-state index contributed by atoms with van der Waals surface area (Å²) in [6.07, 6.45) is 6.77. The number of unbranched alkanes of at least 4 members (excludes halogenated alkanes) is 3. The zero-order valence-corrected chi connectivity index (χ0v) is 6.73. The van der Waals surface area contributed by atoms with Gasteiger partial charge in [-0.2, -0.15) is 0 Å². The minimum Gasteiger partial charge on any atom is -0.305 e. The summed E-state index contributed by atoms with van der Waals surface area (Å²) in [7, 11) is 1.64. The molecule has 0 fully saturated rings. The van der Waals surface area contributed by atoms with E-state index in [2.05, 4.69) is 16.9 Å². The summed E-state index contributed by atoms with van der Waals surface area (Å²) in [5, 5.41) is 0. The third-order valence-electron chi connectivity index (χ3n) is 1.33. The monoisotopic (exact) mass is 143 g/mol. The van der Waals surface area contributed by atoms with Gasteiger partial charge >= 0.3 is 0 Å². The topological polar surface area (TPSA) is 21.3 Å². The first-order valence-electron chi connectivity index (χ1n) is 3.78. The number of hydroxylamine groups is 1. The molecule has 10 heavy (non-hydrogen) atoms. The van der Waals surface area contributed by atoms with Crippen molar-refractivity contribution in [1.82, 2.24) is 5.48 Å². The van der Waals surface area contributed by atoms with Crippen LogP contribution in [0.5, 0.6) is 0 Å². The molecule has 2 heteroatoms. The van der Waals surface area contributed by atoms with Crippen molar-refractivity contribution in [1.29, 1.82) is 0 Å². The maximum absolute atomic E-state index is 4.68. The molecule has 0 rings (SSSR count). The molecule has 1 N–H and O–H groups in total. The number of hydrogen-bond donors (Lipinski definition) is 1. The van der Waals surface area contributed by atoms with Crippen LogP contribution in [0.2, 0.25) is 0 Å². The molecule has 0 aromatic rings. The highest BCUT2D eigenvalue weighted by Gasteiger charge is 1.85. The fourth-order valence-corrected chi connectivity index (χ4v) is 0.765. The predicted octanol–water partition coefficient (Wildman–Crippen LogP) is 1.88. The van der Waals surface area contributed by atoms with Gasteiger partial charge in [-0.3, -0.25) is 0 Å². The van der Waals surface area contributed by atoms with Gasteiger partial charge in [0.2, 0.25) is 0 Å². The molecule has 0 aromatic heterocycles. The van der Waals surface area contributed by atoms with E-state index in [-0.39, 0.29) is 0 Å². The van der Waals surface area contributed by atoms with Crippen molar-refractivity contribution in [2.75, 3.05) is 13.7 Å². The lowest BCUT2D eigenvalue weighted by Crippen LogP contribution is -2.12. The van der Waals surface area contributed by atoms with Crippen LogP contribution in [-0.2, 0) is 4.84 Å². The van der Waals surface area contributed by atoms with Gasteiger partial charge in [0.25, 0.3) is 0 Å². The Morgan fingerprint density at radius 1 is 1.40 bits per heavy atom. The van der Waals surface area contributed by atoms with E-state index >= 15 is 0 Å². The van der Waals surface area contributed by atoms with Crippen LogP contribution in [-0.4, -0.2) is 13.7 Å². The summed E-state index contributed by atoms with van der Waals surface area (Å²) in [4.78, 5) is 4.68. The van der Waals surface area contributed by atoms with E-state index in [0.717, 1.165) is 13.0 Å². The normalized spacial score (nSPS) is 9.70. The molecule has 0 radical (unpaired) electrons. The summed E-state index contributed by atoms with van der Waals surface area (Å²) in [6, 6.07) is 0. The number of nitrogens with one attached hydrogen (secondary N) is 1. The Morgan fingerprint density at radius 3 is 2.80 bits per heavy atom. The SMILES string of the molecule is C=CCCCCCNOC. The largest absolute Gasteiger partial charge is 0.305 e. The lowest BCUT2D eigenvalue weighted by Gasteiger charge is -1.99. The first kappa shape index (κ1) is 9.66. The van der Waals surface area contributed by atoms with Gasteiger partial charge in [0.1, 0.15) is 0 Å². The molecular weight excluding hydrogens is 126 g/mol. The Bertz CT molecular complexity index is 73.7. The average Bonchev–Trinajstić information content (AvgIpc) is 1.97. The van der Waals surface area contributed by atoms with E-state index in [9.17, 15) is 0 Å². The summed E-state index contributed by atoms with van der Waals surface area (Å²) in [5.41, 5.74) is 2.80. The van der Waals surface area contributed by atoms with Crippen LogP contribution < -0.4 is 5.48 Å². The first-order valence-corrected chi connectivity index (χ1v) is 3.78. The lowest BCUT2D eigenvalue weighted by molar-refractivity contribution is 0.0905. The van der Waals surface area contributed by atoms with E-state index in [1.807, 2.05) is 6.08 Å². The first-order chi connectivity index (χ1) is 4.91. The van der Waals surface area contributed by atoms with Gasteiger partial charge < -0.3 is 4.84 Å². The number of allylic oxidation sites excluding steroid dienone is 1. The third-order valence-corrected chi connectivity index (χ3v) is 1.33. The van der Waals surface area contributed by atoms with E-state index in [1.165, 1.54) is 19.3 Å². The van der Waals surface area contributed by atoms with Gasteiger partial charge in [-0.05, 0) is 19.3 Å². The Hall–Kier alpha value is -0.340. The molecule has 0 atom stereocenters. The Balaban J connectivity index is 2.70. The highest BCUT2D eigenvalue weighted by molar-refractivity contribution is 4.65. The fraction of sp³-hybridized carbons (Fsp3) is 0.750. The summed E-state index contributed by atoms with van der Waals surface area (Å²) in [5.74, 6) is 0. The second-order valence-corrected chi connectivity index (χ2v) is 2.24. The van der Waals surface area contributed by atoms with Crippen molar-refractivity contribution in [3.8, 4) is 0 Å². The maximum Gasteiger partial charge on any atom is 0.0572 e. The van der Waals surface area contributed by atoms with E-state index < -0.39 is 0 Å². The van der Waals surface area contributed by atoms with Crippen molar-refractivity contribution in [3.63, 3.8) is 0 Å². The van der Waals surface area contributed by atoms with Crippen LogP contribution in [0.1, 0.15) is 25.7 Å². The summed E-state index contributed by atoms with van der Waals surface area (Å²) < 4.78 is 0. The Labute approximate surface area is 63.2 Å². The molecule has 0 saturated carbocycles. The molecule has 0 aliphatic rings. The molecule has 0 bridgehead atoms. The standard InChI is InChI=1S/C8H17NO/c1-3-4-5-6-7-8-9-10-2/h3,9H,1,4-8H2,2H3. The molecule has 0 unspecified atom stereocenters. The van der Waals surface area contributed by atoms with Crippen LogP contribution in [0.15, 0.2) is 12.7 Å². The quantitative estimate of drug-likeness (QED) is 0.334. The van der Waals surface area contributed by atoms with Gasteiger partial charge in [0.05, 0.1) is 7.11 Å². The molecular formula is C8H17NO. The van der Waals surface area contributed by atoms with Crippen molar-refractivity contribution < 1.29 is 4.84 Å². The highest BCUT2D eigenvalue weighted by atomic mass is 16.6. The Kier molecular flexibility index (Phi) is 8.37. The van der Waals surface area contributed by atoms with Crippen molar-refractivity contribution in [3.05, 3.63) is 12.7 Å². The molecule has 2 nitrogen and oxygen atoms in total. The zero-order valence-electron chi connectivity index (χ0n) is 6.73. The van der Waals surface area contributed by atoms with E-state index in [4.69, 9.17) is 0 Å². The molecule has 0 aromatic carbocycles. The zero-order chi connectivity index (χ0) is 7.66. The predicted molar refractivity (Wildman–Crippen MR) is 43.7 cm³/mol. The minimum absolute atomic E-state index is 0.952. The average molecular weight is 143 g/mol. The molecule has 0 saturated heterocycles. The second kappa shape index (κ2) is 8.66. The maximum atomic E-state index is 4.68. The van der Waals surface area contributed by atoms with E-state index in [1.54, 1.807) is 7.11 Å². The van der Waals surface area contributed by atoms with Crippen molar-refractivity contribution in [2.24, 2.45) is 0 Å². The van der Waals surface area contributed by atoms with Crippen LogP contribution >= 0.6 is 0 Å². The molecule has 0 amide bonds. The molecule has 0 aliphatic carbocycles. The van der Waals surface area contributed by atoms with Gasteiger partial charge in [0.15, 0.2) is 0 Å². The van der Waals surface area contributed by atoms with Gasteiger partial charge in [-0.1, -0.05) is 12.5 Å². The smallest absolute Gasteiger partial charge is 0.0572 e. The lowest BCUT2D eigenvalue weighted by atomic mass is 10.2. The van der Waals surface area contributed by atoms with Gasteiger partial charge in [-0.15, -0.1) is 6.58 Å². The summed E-state index contributed by atoms with van der Waals surface area (Å²) >= 11 is 0. The molecule has 0 aliphatic heterocycles. The minimum atomic E-state index is 0.952. The van der Waals surface area contributed by atoms with Crippen molar-refractivity contribution in [2.45, 2.75) is 25.7 Å². The molecule has 0 spiro atoms. The van der Waals surface area contributed by atoms with Crippen molar-refractivity contribution >= 4 is 0 Å². The van der Waals surface area contributed by atoms with Gasteiger partial charge in [0, 0.05) is 6.54 Å². The summed E-state index contributed by atoms with van der Waals surface area (Å²) in [6.45, 7) is 4.61. The molecule has 0 heterocycles. The van der Waals surface area contributed by atoms with Crippen LogP contribution in [0.3, 0.4) is 0 Å². The van der Waals surface area contributed by atoms with E-state index in [0.29, 0.717) is 0 Å². The van der Waals surface area contributed by atoms with Crippen LogP contribution in [0, 0.1) is 0 Å². The van der Waals surface area contributed by atoms with Crippen LogP contribution in [0.4, 0.5) is 0 Å². The van der Waals surface area contributed by atoms with Crippen LogP contribution in [0.25, 0.3) is 0 Å². The second-order valence-electron chi connectivity index (χ2n) is 2.24. The Morgan fingerprint density at radius 2 is 2.20 bits per heavy atom. The fourth-order valence-electron chi connectivity index (χ4n) is 0.765. The third kappa shape index (κ3) is 7.66. The molecule has 60 valence electrons. The number of rotatable bonds is 7. The van der Waals surface area contributed by atoms with Gasteiger partial charge in [-0.25, -0.2) is 5.48 Å². The number of hydrogen-bond acceptors (Lipinski definition) is 2.